The maximum atomic E-state index is 6.05. The Morgan fingerprint density at radius 1 is 1.25 bits per heavy atom. The summed E-state index contributed by atoms with van der Waals surface area (Å²) in [5.74, 6) is 0.553. The fraction of sp³-hybridized carbons (Fsp3) is 0.357. The van der Waals surface area contributed by atoms with Gasteiger partial charge in [0.1, 0.15) is 5.52 Å². The molecule has 104 valence electrons. The van der Waals surface area contributed by atoms with Crippen LogP contribution in [0.2, 0.25) is 0 Å². The summed E-state index contributed by atoms with van der Waals surface area (Å²) in [6.07, 6.45) is 5.37. The zero-order chi connectivity index (χ0) is 14.1. The number of hydrogen-bond acceptors (Lipinski definition) is 4. The summed E-state index contributed by atoms with van der Waals surface area (Å²) in [6, 6.07) is 4.04. The van der Waals surface area contributed by atoms with E-state index >= 15 is 0 Å². The molecule has 0 unspecified atom stereocenters. The Morgan fingerprint density at radius 2 is 2.00 bits per heavy atom. The lowest BCUT2D eigenvalue weighted by Gasteiger charge is -2.06. The van der Waals surface area contributed by atoms with Crippen molar-refractivity contribution in [1.82, 2.24) is 24.3 Å². The number of hydrogen-bond donors (Lipinski definition) is 1. The first-order valence-corrected chi connectivity index (χ1v) is 6.77. The van der Waals surface area contributed by atoms with E-state index in [4.69, 9.17) is 5.73 Å². The van der Waals surface area contributed by atoms with E-state index in [0.29, 0.717) is 5.95 Å². The standard InChI is InChI=1S/C14H18N6/c1-3-11-12-13(19(2)18-11)20(14(15)17-12)9-6-10-4-7-16-8-5-10/h4-5,7-8H,3,6,9H2,1-2H3,(H2,15,17). The Kier molecular flexibility index (Phi) is 3.14. The van der Waals surface area contributed by atoms with Crippen LogP contribution in [0.4, 0.5) is 5.95 Å². The number of nitrogen functional groups attached to an aromatic ring is 1. The second-order valence-electron chi connectivity index (χ2n) is 4.82. The molecule has 2 N–H and O–H groups in total. The van der Waals surface area contributed by atoms with Crippen LogP contribution in [0.1, 0.15) is 18.2 Å². The van der Waals surface area contributed by atoms with E-state index in [2.05, 4.69) is 22.0 Å². The Morgan fingerprint density at radius 3 is 2.70 bits per heavy atom. The Labute approximate surface area is 117 Å². The van der Waals surface area contributed by atoms with Crippen LogP contribution in [-0.4, -0.2) is 24.3 Å². The Bertz CT molecular complexity index is 725. The molecule has 0 aliphatic carbocycles. The molecule has 0 bridgehead atoms. The van der Waals surface area contributed by atoms with Gasteiger partial charge in [0, 0.05) is 26.0 Å². The van der Waals surface area contributed by atoms with Gasteiger partial charge in [0.25, 0.3) is 0 Å². The summed E-state index contributed by atoms with van der Waals surface area (Å²) >= 11 is 0. The second-order valence-corrected chi connectivity index (χ2v) is 4.82. The van der Waals surface area contributed by atoms with Gasteiger partial charge in [0.15, 0.2) is 5.65 Å². The van der Waals surface area contributed by atoms with Crippen molar-refractivity contribution in [3.63, 3.8) is 0 Å². The third-order valence-electron chi connectivity index (χ3n) is 3.53. The molecule has 3 aromatic heterocycles. The van der Waals surface area contributed by atoms with E-state index in [1.54, 1.807) is 12.4 Å². The van der Waals surface area contributed by atoms with Gasteiger partial charge >= 0.3 is 0 Å². The predicted molar refractivity (Wildman–Crippen MR) is 78.2 cm³/mol. The van der Waals surface area contributed by atoms with Crippen molar-refractivity contribution < 1.29 is 0 Å². The van der Waals surface area contributed by atoms with E-state index in [-0.39, 0.29) is 0 Å². The van der Waals surface area contributed by atoms with Crippen LogP contribution in [0.25, 0.3) is 11.2 Å². The molecule has 0 aliphatic rings. The Balaban J connectivity index is 1.95. The van der Waals surface area contributed by atoms with Crippen molar-refractivity contribution in [3.8, 4) is 0 Å². The van der Waals surface area contributed by atoms with Gasteiger partial charge in [0.05, 0.1) is 5.69 Å². The maximum Gasteiger partial charge on any atom is 0.202 e. The number of aryl methyl sites for hydroxylation is 4. The molecule has 3 aromatic rings. The molecule has 0 saturated heterocycles. The molecule has 0 aromatic carbocycles. The summed E-state index contributed by atoms with van der Waals surface area (Å²) in [5, 5.41) is 4.49. The van der Waals surface area contributed by atoms with Gasteiger partial charge in [-0.3, -0.25) is 14.2 Å². The topological polar surface area (TPSA) is 74.6 Å². The first-order chi connectivity index (χ1) is 9.70. The minimum atomic E-state index is 0.553. The number of imidazole rings is 1. The van der Waals surface area contributed by atoms with Crippen LogP contribution >= 0.6 is 0 Å². The highest BCUT2D eigenvalue weighted by Gasteiger charge is 2.16. The van der Waals surface area contributed by atoms with Crippen molar-refractivity contribution in [3.05, 3.63) is 35.8 Å². The molecule has 0 spiro atoms. The quantitative estimate of drug-likeness (QED) is 0.780. The number of pyridine rings is 1. The van der Waals surface area contributed by atoms with Crippen molar-refractivity contribution in [2.24, 2.45) is 7.05 Å². The smallest absolute Gasteiger partial charge is 0.202 e. The lowest BCUT2D eigenvalue weighted by molar-refractivity contribution is 0.676. The molecule has 6 heteroatoms. The molecule has 0 aliphatic heterocycles. The van der Waals surface area contributed by atoms with Gasteiger partial charge in [-0.1, -0.05) is 6.92 Å². The number of anilines is 1. The normalized spacial score (nSPS) is 11.3. The average Bonchev–Trinajstić information content (AvgIpc) is 2.95. The van der Waals surface area contributed by atoms with Crippen LogP contribution in [0, 0.1) is 0 Å². The van der Waals surface area contributed by atoms with Crippen LogP contribution < -0.4 is 5.73 Å². The third kappa shape index (κ3) is 2.03. The summed E-state index contributed by atoms with van der Waals surface area (Å²) in [5.41, 5.74) is 10.2. The van der Waals surface area contributed by atoms with E-state index in [0.717, 1.165) is 36.2 Å². The minimum Gasteiger partial charge on any atom is -0.369 e. The van der Waals surface area contributed by atoms with Gasteiger partial charge < -0.3 is 5.73 Å². The first-order valence-electron chi connectivity index (χ1n) is 6.77. The zero-order valence-corrected chi connectivity index (χ0v) is 11.7. The number of nitrogens with two attached hydrogens (primary N) is 1. The lowest BCUT2D eigenvalue weighted by atomic mass is 10.2. The monoisotopic (exact) mass is 270 g/mol. The van der Waals surface area contributed by atoms with Crippen molar-refractivity contribution in [2.75, 3.05) is 5.73 Å². The predicted octanol–water partition coefficient (Wildman–Crippen LogP) is 1.55. The van der Waals surface area contributed by atoms with Crippen LogP contribution in [-0.2, 0) is 26.4 Å². The van der Waals surface area contributed by atoms with Gasteiger partial charge in [-0.05, 0) is 30.5 Å². The number of nitrogens with zero attached hydrogens (tertiary/aromatic N) is 5. The van der Waals surface area contributed by atoms with E-state index < -0.39 is 0 Å². The number of aromatic nitrogens is 5. The van der Waals surface area contributed by atoms with E-state index in [9.17, 15) is 0 Å². The molecule has 0 atom stereocenters. The highest BCUT2D eigenvalue weighted by molar-refractivity contribution is 5.77. The fourth-order valence-electron chi connectivity index (χ4n) is 2.51. The zero-order valence-electron chi connectivity index (χ0n) is 11.7. The first kappa shape index (κ1) is 12.7. The third-order valence-corrected chi connectivity index (χ3v) is 3.53. The molecule has 6 nitrogen and oxygen atoms in total. The van der Waals surface area contributed by atoms with Crippen molar-refractivity contribution in [2.45, 2.75) is 26.3 Å². The SMILES string of the molecule is CCc1nn(C)c2c1nc(N)n2CCc1ccncc1. The van der Waals surface area contributed by atoms with Crippen LogP contribution in [0.3, 0.4) is 0 Å². The Hall–Kier alpha value is -2.37. The molecule has 0 saturated carbocycles. The highest BCUT2D eigenvalue weighted by atomic mass is 15.3. The molecule has 0 amide bonds. The molecular formula is C14H18N6. The summed E-state index contributed by atoms with van der Waals surface area (Å²) in [6.45, 7) is 2.86. The molecule has 3 heterocycles. The summed E-state index contributed by atoms with van der Waals surface area (Å²) in [4.78, 5) is 8.49. The molecule has 0 fully saturated rings. The van der Waals surface area contributed by atoms with Crippen molar-refractivity contribution in [1.29, 1.82) is 0 Å². The molecule has 0 radical (unpaired) electrons. The molecule has 20 heavy (non-hydrogen) atoms. The highest BCUT2D eigenvalue weighted by Crippen LogP contribution is 2.21. The van der Waals surface area contributed by atoms with Crippen LogP contribution in [0.5, 0.6) is 0 Å². The van der Waals surface area contributed by atoms with Gasteiger partial charge in [0.2, 0.25) is 5.95 Å². The summed E-state index contributed by atoms with van der Waals surface area (Å²) < 4.78 is 3.89. The summed E-state index contributed by atoms with van der Waals surface area (Å²) in [7, 11) is 1.94. The van der Waals surface area contributed by atoms with Crippen LogP contribution in [0.15, 0.2) is 24.5 Å². The maximum absolute atomic E-state index is 6.05. The lowest BCUT2D eigenvalue weighted by Crippen LogP contribution is -2.08. The van der Waals surface area contributed by atoms with Crippen molar-refractivity contribution >= 4 is 17.1 Å². The molecule has 3 rings (SSSR count). The average molecular weight is 270 g/mol. The van der Waals surface area contributed by atoms with Gasteiger partial charge in [-0.25, -0.2) is 4.98 Å². The van der Waals surface area contributed by atoms with E-state index in [1.165, 1.54) is 5.56 Å². The largest absolute Gasteiger partial charge is 0.369 e. The van der Waals surface area contributed by atoms with Gasteiger partial charge in [-0.2, -0.15) is 5.10 Å². The van der Waals surface area contributed by atoms with Gasteiger partial charge in [-0.15, -0.1) is 0 Å². The minimum absolute atomic E-state index is 0.553. The second kappa shape index (κ2) is 4.96. The number of rotatable bonds is 4. The fourth-order valence-corrected chi connectivity index (χ4v) is 2.51. The number of fused-ring (bicyclic) bond motifs is 1. The van der Waals surface area contributed by atoms with E-state index in [1.807, 2.05) is 28.4 Å². The molecular weight excluding hydrogens is 252 g/mol.